The molecular weight excluding hydrogens is 224 g/mol. The number of nitrogens with one attached hydrogen (secondary N) is 1. The number of nitrogens with zero attached hydrogens (tertiary/aromatic N) is 1. The van der Waals surface area contributed by atoms with Gasteiger partial charge in [-0.15, -0.1) is 0 Å². The average Bonchev–Trinajstić information content (AvgIpc) is 2.81. The van der Waals surface area contributed by atoms with Crippen molar-refractivity contribution in [2.24, 2.45) is 5.41 Å². The Balaban J connectivity index is 2.30. The predicted octanol–water partition coefficient (Wildman–Crippen LogP) is 2.51. The molecule has 1 fully saturated rings. The molecule has 1 rings (SSSR count). The summed E-state index contributed by atoms with van der Waals surface area (Å²) in [7, 11) is 0. The molecule has 1 heterocycles. The van der Waals surface area contributed by atoms with Gasteiger partial charge in [0.1, 0.15) is 0 Å². The van der Waals surface area contributed by atoms with Crippen LogP contribution in [-0.2, 0) is 4.74 Å². The zero-order valence-electron chi connectivity index (χ0n) is 12.8. The third kappa shape index (κ3) is 6.17. The van der Waals surface area contributed by atoms with Crippen LogP contribution in [0.5, 0.6) is 0 Å². The minimum Gasteiger partial charge on any atom is -0.377 e. The molecule has 1 N–H and O–H groups in total. The highest BCUT2D eigenvalue weighted by Crippen LogP contribution is 2.19. The van der Waals surface area contributed by atoms with Crippen LogP contribution in [0.25, 0.3) is 0 Å². The van der Waals surface area contributed by atoms with Crippen molar-refractivity contribution < 1.29 is 4.74 Å². The molecule has 108 valence electrons. The first kappa shape index (κ1) is 15.9. The summed E-state index contributed by atoms with van der Waals surface area (Å²) < 4.78 is 5.74. The first-order valence-electron chi connectivity index (χ1n) is 7.62. The number of ether oxygens (including phenoxy) is 1. The summed E-state index contributed by atoms with van der Waals surface area (Å²) in [4.78, 5) is 2.55. The minimum absolute atomic E-state index is 0.337. The zero-order chi connectivity index (χ0) is 13.4. The van der Waals surface area contributed by atoms with Crippen molar-refractivity contribution in [2.45, 2.75) is 53.1 Å². The summed E-state index contributed by atoms with van der Waals surface area (Å²) >= 11 is 0. The quantitative estimate of drug-likeness (QED) is 0.642. The average molecular weight is 256 g/mol. The Morgan fingerprint density at radius 3 is 2.67 bits per heavy atom. The topological polar surface area (TPSA) is 24.5 Å². The van der Waals surface area contributed by atoms with E-state index in [2.05, 4.69) is 37.9 Å². The van der Waals surface area contributed by atoms with Gasteiger partial charge in [-0.05, 0) is 37.8 Å². The van der Waals surface area contributed by atoms with Crippen LogP contribution in [0.2, 0.25) is 0 Å². The summed E-state index contributed by atoms with van der Waals surface area (Å²) in [5, 5.41) is 3.54. The highest BCUT2D eigenvalue weighted by atomic mass is 16.5. The highest BCUT2D eigenvalue weighted by molar-refractivity contribution is 4.78. The molecule has 0 aromatic heterocycles. The van der Waals surface area contributed by atoms with E-state index in [4.69, 9.17) is 4.74 Å². The molecule has 0 radical (unpaired) electrons. The largest absolute Gasteiger partial charge is 0.377 e. The fraction of sp³-hybridized carbons (Fsp3) is 1.00. The van der Waals surface area contributed by atoms with Gasteiger partial charge in [-0.3, -0.25) is 0 Å². The monoisotopic (exact) mass is 256 g/mol. The van der Waals surface area contributed by atoms with Gasteiger partial charge in [-0.1, -0.05) is 27.7 Å². The van der Waals surface area contributed by atoms with Crippen LogP contribution in [0.15, 0.2) is 0 Å². The second-order valence-corrected chi connectivity index (χ2v) is 6.30. The third-order valence-electron chi connectivity index (χ3n) is 3.62. The Kier molecular flexibility index (Phi) is 7.20. The number of likely N-dealkylation sites (N-methyl/N-ethyl adjacent to an activating group) is 1. The molecule has 0 aromatic rings. The molecule has 3 nitrogen and oxygen atoms in total. The molecule has 0 spiro atoms. The summed E-state index contributed by atoms with van der Waals surface area (Å²) in [6, 6.07) is 0. The summed E-state index contributed by atoms with van der Waals surface area (Å²) in [5.74, 6) is 0. The van der Waals surface area contributed by atoms with E-state index in [1.807, 2.05) is 0 Å². The van der Waals surface area contributed by atoms with E-state index in [0.717, 1.165) is 39.3 Å². The maximum absolute atomic E-state index is 5.74. The fourth-order valence-electron chi connectivity index (χ4n) is 2.65. The van der Waals surface area contributed by atoms with Crippen molar-refractivity contribution >= 4 is 0 Å². The van der Waals surface area contributed by atoms with E-state index < -0.39 is 0 Å². The molecule has 1 aliphatic heterocycles. The molecule has 1 aliphatic rings. The number of hydrogen-bond donors (Lipinski definition) is 1. The number of hydrogen-bond acceptors (Lipinski definition) is 3. The fourth-order valence-corrected chi connectivity index (χ4v) is 2.65. The van der Waals surface area contributed by atoms with Crippen LogP contribution in [0.1, 0.15) is 47.0 Å². The van der Waals surface area contributed by atoms with Gasteiger partial charge in [-0.25, -0.2) is 0 Å². The lowest BCUT2D eigenvalue weighted by molar-refractivity contribution is 0.0612. The summed E-state index contributed by atoms with van der Waals surface area (Å²) in [6.45, 7) is 15.8. The molecule has 18 heavy (non-hydrogen) atoms. The van der Waals surface area contributed by atoms with Gasteiger partial charge in [0.2, 0.25) is 0 Å². The maximum atomic E-state index is 5.74. The molecule has 0 amide bonds. The van der Waals surface area contributed by atoms with Crippen LogP contribution in [-0.4, -0.2) is 50.3 Å². The van der Waals surface area contributed by atoms with E-state index in [1.165, 1.54) is 19.3 Å². The lowest BCUT2D eigenvalue weighted by atomic mass is 9.92. The predicted molar refractivity (Wildman–Crippen MR) is 78.0 cm³/mol. The Hall–Kier alpha value is -0.120. The van der Waals surface area contributed by atoms with Gasteiger partial charge in [0, 0.05) is 26.2 Å². The van der Waals surface area contributed by atoms with Crippen molar-refractivity contribution in [1.82, 2.24) is 10.2 Å². The maximum Gasteiger partial charge on any atom is 0.0702 e. The first-order valence-corrected chi connectivity index (χ1v) is 7.62. The van der Waals surface area contributed by atoms with Gasteiger partial charge < -0.3 is 15.0 Å². The van der Waals surface area contributed by atoms with Gasteiger partial charge in [-0.2, -0.15) is 0 Å². The Morgan fingerprint density at radius 2 is 2.11 bits per heavy atom. The number of rotatable bonds is 9. The van der Waals surface area contributed by atoms with Gasteiger partial charge in [0.15, 0.2) is 0 Å². The molecule has 0 bridgehead atoms. The van der Waals surface area contributed by atoms with Crippen LogP contribution in [0.4, 0.5) is 0 Å². The molecule has 0 saturated carbocycles. The molecular formula is C15H32N2O. The van der Waals surface area contributed by atoms with Crippen LogP contribution in [0, 0.1) is 5.41 Å². The molecule has 0 aliphatic carbocycles. The molecule has 0 aromatic carbocycles. The second kappa shape index (κ2) is 8.13. The van der Waals surface area contributed by atoms with Crippen LogP contribution in [0.3, 0.4) is 0 Å². The van der Waals surface area contributed by atoms with E-state index >= 15 is 0 Å². The molecule has 1 saturated heterocycles. The SMILES string of the molecule is CCCNCC(C)(C)CN(CC)CC1CCCO1. The summed E-state index contributed by atoms with van der Waals surface area (Å²) in [5.41, 5.74) is 0.337. The van der Waals surface area contributed by atoms with Crippen molar-refractivity contribution in [2.75, 3.05) is 39.3 Å². The third-order valence-corrected chi connectivity index (χ3v) is 3.62. The standard InChI is InChI=1S/C15H32N2O/c1-5-9-16-12-15(3,4)13-17(6-2)11-14-8-7-10-18-14/h14,16H,5-13H2,1-4H3. The lowest BCUT2D eigenvalue weighted by Crippen LogP contribution is -2.43. The molecule has 3 heteroatoms. The Morgan fingerprint density at radius 1 is 1.33 bits per heavy atom. The van der Waals surface area contributed by atoms with Crippen molar-refractivity contribution in [3.05, 3.63) is 0 Å². The molecule has 1 unspecified atom stereocenters. The van der Waals surface area contributed by atoms with Crippen LogP contribution < -0.4 is 5.32 Å². The van der Waals surface area contributed by atoms with Crippen molar-refractivity contribution in [3.63, 3.8) is 0 Å². The van der Waals surface area contributed by atoms with E-state index in [0.29, 0.717) is 11.5 Å². The van der Waals surface area contributed by atoms with E-state index in [9.17, 15) is 0 Å². The second-order valence-electron chi connectivity index (χ2n) is 6.30. The minimum atomic E-state index is 0.337. The van der Waals surface area contributed by atoms with Crippen molar-refractivity contribution in [1.29, 1.82) is 0 Å². The smallest absolute Gasteiger partial charge is 0.0702 e. The van der Waals surface area contributed by atoms with Crippen molar-refractivity contribution in [3.8, 4) is 0 Å². The van der Waals surface area contributed by atoms with Crippen LogP contribution >= 0.6 is 0 Å². The first-order chi connectivity index (χ1) is 8.57. The van der Waals surface area contributed by atoms with E-state index in [-0.39, 0.29) is 0 Å². The Bertz CT molecular complexity index is 213. The van der Waals surface area contributed by atoms with Gasteiger partial charge >= 0.3 is 0 Å². The zero-order valence-corrected chi connectivity index (χ0v) is 12.8. The van der Waals surface area contributed by atoms with E-state index in [1.54, 1.807) is 0 Å². The summed E-state index contributed by atoms with van der Waals surface area (Å²) in [6.07, 6.45) is 4.17. The Labute approximate surface area is 113 Å². The van der Waals surface area contributed by atoms with Gasteiger partial charge in [0.25, 0.3) is 0 Å². The normalized spacial score (nSPS) is 20.8. The molecule has 1 atom stereocenters. The van der Waals surface area contributed by atoms with Gasteiger partial charge in [0.05, 0.1) is 6.10 Å². The lowest BCUT2D eigenvalue weighted by Gasteiger charge is -2.33. The highest BCUT2D eigenvalue weighted by Gasteiger charge is 2.24.